The van der Waals surface area contributed by atoms with Crippen LogP contribution in [0.2, 0.25) is 0 Å². The Bertz CT molecular complexity index is 2810. The Morgan fingerprint density at radius 2 is 0.342 bits per heavy atom. The summed E-state index contributed by atoms with van der Waals surface area (Å²) in [5.41, 5.74) is 0.918. The zero-order valence-electron chi connectivity index (χ0n) is 68.6. The number of hydrogen-bond acceptors (Lipinski definition) is 27. The van der Waals surface area contributed by atoms with Crippen molar-refractivity contribution < 1.29 is 14.4 Å². The summed E-state index contributed by atoms with van der Waals surface area (Å²) in [6, 6.07) is 31.9. The molecule has 4 rings (SSSR count). The molecule has 30 heteroatoms. The van der Waals surface area contributed by atoms with Gasteiger partial charge in [0, 0.05) is 251 Å². The Kier molecular flexibility index (Phi) is 54.1. The summed E-state index contributed by atoms with van der Waals surface area (Å²) in [6.07, 6.45) is 12.8. The summed E-state index contributed by atoms with van der Waals surface area (Å²) in [6.45, 7) is 28.9. The third-order valence-corrected chi connectivity index (χ3v) is 21.7. The van der Waals surface area contributed by atoms with Crippen LogP contribution < -0.4 is 0 Å². The molecular weight excluding hydrogens is 1440 g/mol. The Morgan fingerprint density at radius 1 is 0.211 bits per heavy atom. The Labute approximate surface area is 682 Å². The molecule has 3 heterocycles. The number of hydrogen-bond donors (Lipinski definition) is 0. The fraction of sp³-hybridized carbons (Fsp3) is 0.750. The molecule has 0 aliphatic carbocycles. The van der Waals surface area contributed by atoms with E-state index in [-0.39, 0.29) is 17.7 Å². The molecule has 0 bridgehead atoms. The maximum absolute atomic E-state index is 14.9. The minimum Gasteiger partial charge on any atom is -0.336 e. The molecule has 618 valence electrons. The van der Waals surface area contributed by atoms with Gasteiger partial charge in [-0.05, 0) is 194 Å². The molecule has 0 saturated carbocycles. The van der Waals surface area contributed by atoms with E-state index < -0.39 is 0 Å². The van der Waals surface area contributed by atoms with E-state index >= 15 is 0 Å². The van der Waals surface area contributed by atoms with Gasteiger partial charge in [0.2, 0.25) is 0 Å². The SMILES string of the molecule is N#CCCN(CCC#N)CCCN(CCCN(CCC#N)CCC#N)CCCN1CCN(C(=O)c2cc(C(=O)N3CCN(CCCN(CCCN(CCC#N)CCC#N)CCCN(CCC#N)CCC#N)CC3)cc(C(=O)N3CCN(CCCN(CCCN(CCC#N)CCC#N)CCCN(CCC#N)CCC#N)CC3)c2)CC1. The van der Waals surface area contributed by atoms with Crippen molar-refractivity contribution in [3.8, 4) is 72.8 Å². The molecule has 1 aromatic carbocycles. The van der Waals surface area contributed by atoms with Gasteiger partial charge in [0.25, 0.3) is 17.7 Å². The van der Waals surface area contributed by atoms with Gasteiger partial charge in [-0.3, -0.25) is 29.1 Å². The van der Waals surface area contributed by atoms with Gasteiger partial charge in [0.1, 0.15) is 0 Å². The van der Waals surface area contributed by atoms with Crippen LogP contribution in [0.1, 0.15) is 166 Å². The topological polar surface area (TPSA) is 385 Å². The van der Waals surface area contributed by atoms with Gasteiger partial charge >= 0.3 is 0 Å². The van der Waals surface area contributed by atoms with Gasteiger partial charge in [0.15, 0.2) is 0 Å². The Balaban J connectivity index is 1.50. The molecule has 3 saturated heterocycles. The molecule has 0 radical (unpaired) electrons. The van der Waals surface area contributed by atoms with Gasteiger partial charge < -0.3 is 58.8 Å². The molecular formula is C84H129N27O3. The van der Waals surface area contributed by atoms with Crippen LogP contribution in [0.15, 0.2) is 18.2 Å². The molecule has 0 spiro atoms. The average molecular weight is 1570 g/mol. The molecule has 3 aliphatic heterocycles. The predicted molar refractivity (Wildman–Crippen MR) is 436 cm³/mol. The van der Waals surface area contributed by atoms with Crippen molar-refractivity contribution >= 4 is 17.7 Å². The first-order valence-electron chi connectivity index (χ1n) is 42.0. The van der Waals surface area contributed by atoms with E-state index in [0.29, 0.717) is 251 Å². The molecule has 3 amide bonds. The van der Waals surface area contributed by atoms with Crippen molar-refractivity contribution in [3.05, 3.63) is 34.9 Å². The zero-order valence-corrected chi connectivity index (χ0v) is 68.6. The van der Waals surface area contributed by atoms with Crippen molar-refractivity contribution in [1.29, 1.82) is 63.1 Å². The molecule has 30 nitrogen and oxygen atoms in total. The lowest BCUT2D eigenvalue weighted by Crippen LogP contribution is -2.50. The number of nitrogens with zero attached hydrogens (tertiary/aromatic N) is 27. The highest BCUT2D eigenvalue weighted by atomic mass is 16.2. The third kappa shape index (κ3) is 42.4. The molecule has 0 N–H and O–H groups in total. The summed E-state index contributed by atoms with van der Waals surface area (Å²) in [4.78, 5) is 78.1. The highest BCUT2D eigenvalue weighted by Crippen LogP contribution is 2.21. The fourth-order valence-electron chi connectivity index (χ4n) is 15.2. The van der Waals surface area contributed by atoms with E-state index in [0.717, 1.165) is 176 Å². The summed E-state index contributed by atoms with van der Waals surface area (Å²) >= 11 is 0. The second kappa shape index (κ2) is 63.3. The fourth-order valence-corrected chi connectivity index (χ4v) is 15.2. The minimum atomic E-state index is -0.226. The summed E-state index contributed by atoms with van der Waals surface area (Å²) < 4.78 is 0. The lowest BCUT2D eigenvalue weighted by atomic mass is 10.0. The van der Waals surface area contributed by atoms with Crippen LogP contribution in [0.25, 0.3) is 0 Å². The number of carbonyl (C=O) groups is 3. The van der Waals surface area contributed by atoms with Crippen LogP contribution in [0.4, 0.5) is 0 Å². The van der Waals surface area contributed by atoms with E-state index in [1.807, 2.05) is 14.7 Å². The first-order chi connectivity index (χ1) is 55.8. The van der Waals surface area contributed by atoms with Crippen molar-refractivity contribution in [2.45, 2.75) is 135 Å². The molecule has 0 atom stereocenters. The first kappa shape index (κ1) is 97.4. The van der Waals surface area contributed by atoms with E-state index in [4.69, 9.17) is 0 Å². The standard InChI is InChI=1S/C84H129N27O3/c85-22-1-34-97(35-2-23-86)46-13-52-103(53-14-47-98(36-3-24-87)37-4-25-88)58-19-61-106-64-70-109(71-65-106)82(112)79-76-80(83(113)110-72-66-107(67-73-110)62-20-59-104(54-15-48-99(38-5-26-89)39-6-27-90)55-16-49-100(40-7-28-91)41-8-29-92)78-81(77-79)84(114)111-74-68-108(69-75-111)63-21-60-105(56-17-50-101(42-9-30-93)43-10-31-94)57-18-51-102(44-11-32-95)45-12-33-96/h76-78H,1-21,34-75H2. The maximum atomic E-state index is 14.9. The van der Waals surface area contributed by atoms with E-state index in [1.165, 1.54) is 0 Å². The number of piperazine rings is 3. The number of nitriles is 12. The van der Waals surface area contributed by atoms with Crippen LogP contribution in [0.3, 0.4) is 0 Å². The monoisotopic (exact) mass is 1560 g/mol. The quantitative estimate of drug-likeness (QED) is 0.0705. The normalized spacial score (nSPS) is 14.1. The van der Waals surface area contributed by atoms with E-state index in [1.54, 1.807) is 18.2 Å². The van der Waals surface area contributed by atoms with Gasteiger partial charge in [-0.1, -0.05) is 0 Å². The van der Waals surface area contributed by atoms with Crippen molar-refractivity contribution in [2.75, 3.05) is 275 Å². The van der Waals surface area contributed by atoms with E-state index in [2.05, 4.69) is 132 Å². The number of amides is 3. The number of carbonyl (C=O) groups excluding carboxylic acids is 3. The van der Waals surface area contributed by atoms with Gasteiger partial charge in [-0.2, -0.15) is 63.1 Å². The third-order valence-electron chi connectivity index (χ3n) is 21.7. The van der Waals surface area contributed by atoms with Gasteiger partial charge in [0.05, 0.1) is 72.8 Å². The van der Waals surface area contributed by atoms with Crippen LogP contribution in [0, 0.1) is 136 Å². The van der Waals surface area contributed by atoms with Crippen LogP contribution in [-0.4, -0.2) is 366 Å². The van der Waals surface area contributed by atoms with Gasteiger partial charge in [-0.25, -0.2) is 0 Å². The smallest absolute Gasteiger partial charge is 0.253 e. The highest BCUT2D eigenvalue weighted by Gasteiger charge is 2.30. The molecule has 1 aromatic rings. The second-order valence-corrected chi connectivity index (χ2v) is 29.9. The lowest BCUT2D eigenvalue weighted by molar-refractivity contribution is 0.0626. The molecule has 3 aliphatic rings. The van der Waals surface area contributed by atoms with Crippen LogP contribution >= 0.6 is 0 Å². The van der Waals surface area contributed by atoms with Gasteiger partial charge in [-0.15, -0.1) is 0 Å². The summed E-state index contributed by atoms with van der Waals surface area (Å²) in [7, 11) is 0. The second-order valence-electron chi connectivity index (χ2n) is 29.9. The van der Waals surface area contributed by atoms with Crippen LogP contribution in [-0.2, 0) is 0 Å². The molecule has 3 fully saturated rings. The van der Waals surface area contributed by atoms with Crippen molar-refractivity contribution in [3.63, 3.8) is 0 Å². The largest absolute Gasteiger partial charge is 0.336 e. The maximum Gasteiger partial charge on any atom is 0.253 e. The Hall–Kier alpha value is -8.97. The number of benzene rings is 1. The average Bonchev–Trinajstić information content (AvgIpc) is 0.796. The molecule has 0 aromatic heterocycles. The minimum absolute atomic E-state index is 0.226. The molecule has 0 unspecified atom stereocenters. The Morgan fingerprint density at radius 3 is 0.482 bits per heavy atom. The number of rotatable bonds is 63. The summed E-state index contributed by atoms with van der Waals surface area (Å²) in [5, 5.41) is 112. The zero-order chi connectivity index (χ0) is 82.3. The van der Waals surface area contributed by atoms with Crippen molar-refractivity contribution in [1.82, 2.24) is 73.5 Å². The highest BCUT2D eigenvalue weighted by molar-refractivity contribution is 6.04. The van der Waals surface area contributed by atoms with Crippen LogP contribution in [0.5, 0.6) is 0 Å². The summed E-state index contributed by atoms with van der Waals surface area (Å²) in [5.74, 6) is -0.679. The lowest BCUT2D eigenvalue weighted by Gasteiger charge is -2.36. The van der Waals surface area contributed by atoms with E-state index in [9.17, 15) is 77.5 Å². The molecule has 114 heavy (non-hydrogen) atoms. The van der Waals surface area contributed by atoms with Crippen molar-refractivity contribution in [2.24, 2.45) is 0 Å². The first-order valence-corrected chi connectivity index (χ1v) is 42.0. The predicted octanol–water partition coefficient (Wildman–Crippen LogP) is 6.15.